The molecule has 0 bridgehead atoms. The lowest BCUT2D eigenvalue weighted by Gasteiger charge is -2.04. The van der Waals surface area contributed by atoms with E-state index in [0.29, 0.717) is 18.4 Å². The summed E-state index contributed by atoms with van der Waals surface area (Å²) in [5.74, 6) is 0.868. The van der Waals surface area contributed by atoms with Crippen molar-refractivity contribution in [2.75, 3.05) is 5.32 Å². The van der Waals surface area contributed by atoms with Crippen LogP contribution >= 0.6 is 11.3 Å². The van der Waals surface area contributed by atoms with Crippen molar-refractivity contribution in [1.29, 1.82) is 0 Å². The number of nitrogens with zero attached hydrogens (tertiary/aromatic N) is 2. The van der Waals surface area contributed by atoms with Crippen LogP contribution < -0.4 is 11.1 Å². The summed E-state index contributed by atoms with van der Waals surface area (Å²) in [5.41, 5.74) is 7.73. The fraction of sp³-hybridized carbons (Fsp3) is 0.286. The van der Waals surface area contributed by atoms with Crippen LogP contribution in [0.4, 0.5) is 5.69 Å². The number of nitrogens with two attached hydrogens (primary N) is 1. The van der Waals surface area contributed by atoms with Crippen LogP contribution in [0.5, 0.6) is 0 Å². The van der Waals surface area contributed by atoms with Gasteiger partial charge < -0.3 is 11.1 Å². The summed E-state index contributed by atoms with van der Waals surface area (Å²) in [6, 6.07) is 9.75. The monoisotopic (exact) mass is 274 g/mol. The Morgan fingerprint density at radius 3 is 2.74 bits per heavy atom. The second kappa shape index (κ2) is 6.33. The van der Waals surface area contributed by atoms with E-state index in [2.05, 4.69) is 29.1 Å². The van der Waals surface area contributed by atoms with Gasteiger partial charge in [-0.2, -0.15) is 0 Å². The number of rotatable bonds is 4. The SMILES string of the molecule is CC(C)c1nc(CN=C(N)Nc2ccccc2)cs1. The van der Waals surface area contributed by atoms with Gasteiger partial charge in [-0.15, -0.1) is 11.3 Å². The zero-order valence-corrected chi connectivity index (χ0v) is 11.9. The Kier molecular flexibility index (Phi) is 4.52. The van der Waals surface area contributed by atoms with Crippen molar-refractivity contribution >= 4 is 23.0 Å². The molecule has 2 rings (SSSR count). The quantitative estimate of drug-likeness (QED) is 0.665. The molecule has 5 heteroatoms. The van der Waals surface area contributed by atoms with E-state index in [9.17, 15) is 0 Å². The van der Waals surface area contributed by atoms with Gasteiger partial charge in [0.15, 0.2) is 5.96 Å². The lowest BCUT2D eigenvalue weighted by atomic mass is 10.2. The first-order valence-electron chi connectivity index (χ1n) is 6.21. The van der Waals surface area contributed by atoms with Crippen molar-refractivity contribution in [1.82, 2.24) is 4.98 Å². The number of guanidine groups is 1. The van der Waals surface area contributed by atoms with Crippen molar-refractivity contribution < 1.29 is 0 Å². The molecule has 0 unspecified atom stereocenters. The van der Waals surface area contributed by atoms with Crippen molar-refractivity contribution in [3.63, 3.8) is 0 Å². The lowest BCUT2D eigenvalue weighted by Crippen LogP contribution is -2.22. The van der Waals surface area contributed by atoms with Gasteiger partial charge in [0.2, 0.25) is 0 Å². The number of benzene rings is 1. The molecule has 0 atom stereocenters. The third-order valence-corrected chi connectivity index (χ3v) is 3.72. The summed E-state index contributed by atoms with van der Waals surface area (Å²) in [6.45, 7) is 4.78. The number of thiazole rings is 1. The van der Waals surface area contributed by atoms with Gasteiger partial charge in [-0.05, 0) is 12.1 Å². The van der Waals surface area contributed by atoms with E-state index in [-0.39, 0.29) is 0 Å². The Morgan fingerprint density at radius 2 is 2.11 bits per heavy atom. The average Bonchev–Trinajstić information content (AvgIpc) is 2.86. The average molecular weight is 274 g/mol. The highest BCUT2D eigenvalue weighted by atomic mass is 32.1. The molecule has 0 amide bonds. The summed E-state index contributed by atoms with van der Waals surface area (Å²) in [6.07, 6.45) is 0. The molecule has 0 aliphatic heterocycles. The van der Waals surface area contributed by atoms with Crippen molar-refractivity contribution in [2.24, 2.45) is 10.7 Å². The topological polar surface area (TPSA) is 63.3 Å². The number of para-hydroxylation sites is 1. The maximum Gasteiger partial charge on any atom is 0.193 e. The van der Waals surface area contributed by atoms with Crippen LogP contribution in [0.3, 0.4) is 0 Å². The van der Waals surface area contributed by atoms with Crippen LogP contribution in [-0.2, 0) is 6.54 Å². The highest BCUT2D eigenvalue weighted by Crippen LogP contribution is 2.19. The molecular weight excluding hydrogens is 256 g/mol. The van der Waals surface area contributed by atoms with Crippen LogP contribution in [0.15, 0.2) is 40.7 Å². The van der Waals surface area contributed by atoms with Gasteiger partial charge in [-0.3, -0.25) is 0 Å². The first kappa shape index (κ1) is 13.5. The van der Waals surface area contributed by atoms with Crippen LogP contribution in [-0.4, -0.2) is 10.9 Å². The second-order valence-electron chi connectivity index (χ2n) is 4.52. The Labute approximate surface area is 117 Å². The van der Waals surface area contributed by atoms with Crippen molar-refractivity contribution in [3.8, 4) is 0 Å². The van der Waals surface area contributed by atoms with Crippen molar-refractivity contribution in [3.05, 3.63) is 46.4 Å². The number of anilines is 1. The normalized spacial score (nSPS) is 11.8. The minimum absolute atomic E-state index is 0.408. The van der Waals surface area contributed by atoms with Gasteiger partial charge in [0.1, 0.15) is 0 Å². The number of hydrogen-bond donors (Lipinski definition) is 2. The Hall–Kier alpha value is -1.88. The molecule has 3 N–H and O–H groups in total. The standard InChI is InChI=1S/C14H18N4S/c1-10(2)13-17-12(9-19-13)8-16-14(15)18-11-6-4-3-5-7-11/h3-7,9-10H,8H2,1-2H3,(H3,15,16,18). The molecule has 0 saturated heterocycles. The van der Waals surface area contributed by atoms with E-state index in [0.717, 1.165) is 16.4 Å². The zero-order chi connectivity index (χ0) is 13.7. The third-order valence-electron chi connectivity index (χ3n) is 2.52. The molecule has 0 aliphatic carbocycles. The lowest BCUT2D eigenvalue weighted by molar-refractivity contribution is 0.837. The number of aliphatic imine (C=N–C) groups is 1. The van der Waals surface area contributed by atoms with E-state index in [4.69, 9.17) is 5.73 Å². The van der Waals surface area contributed by atoms with Gasteiger partial charge >= 0.3 is 0 Å². The highest BCUT2D eigenvalue weighted by Gasteiger charge is 2.05. The maximum atomic E-state index is 5.83. The smallest absolute Gasteiger partial charge is 0.193 e. The molecule has 100 valence electrons. The first-order valence-corrected chi connectivity index (χ1v) is 7.09. The zero-order valence-electron chi connectivity index (χ0n) is 11.1. The minimum Gasteiger partial charge on any atom is -0.370 e. The molecule has 1 heterocycles. The van der Waals surface area contributed by atoms with Crippen LogP contribution in [0, 0.1) is 0 Å². The Balaban J connectivity index is 1.94. The van der Waals surface area contributed by atoms with E-state index in [1.54, 1.807) is 11.3 Å². The highest BCUT2D eigenvalue weighted by molar-refractivity contribution is 7.09. The van der Waals surface area contributed by atoms with Gasteiger partial charge in [0.05, 0.1) is 17.2 Å². The largest absolute Gasteiger partial charge is 0.370 e. The van der Waals surface area contributed by atoms with E-state index < -0.39 is 0 Å². The molecule has 1 aromatic carbocycles. The van der Waals surface area contributed by atoms with Crippen LogP contribution in [0.2, 0.25) is 0 Å². The fourth-order valence-electron chi connectivity index (χ4n) is 1.54. The number of aromatic nitrogens is 1. The summed E-state index contributed by atoms with van der Waals surface area (Å²) in [5, 5.41) is 6.22. The molecule has 0 aliphatic rings. The van der Waals surface area contributed by atoms with Crippen LogP contribution in [0.25, 0.3) is 0 Å². The summed E-state index contributed by atoms with van der Waals surface area (Å²) in [4.78, 5) is 8.81. The van der Waals surface area contributed by atoms with Crippen molar-refractivity contribution in [2.45, 2.75) is 26.3 Å². The molecule has 0 radical (unpaired) electrons. The van der Waals surface area contributed by atoms with E-state index in [1.807, 2.05) is 35.7 Å². The van der Waals surface area contributed by atoms with E-state index >= 15 is 0 Å². The maximum absolute atomic E-state index is 5.83. The van der Waals surface area contributed by atoms with Gasteiger partial charge in [0, 0.05) is 17.0 Å². The summed E-state index contributed by atoms with van der Waals surface area (Å²) < 4.78 is 0. The Morgan fingerprint density at radius 1 is 1.37 bits per heavy atom. The van der Waals surface area contributed by atoms with Gasteiger partial charge in [-0.25, -0.2) is 9.98 Å². The van der Waals surface area contributed by atoms with E-state index in [1.165, 1.54) is 0 Å². The molecule has 0 fully saturated rings. The van der Waals surface area contributed by atoms with Crippen LogP contribution in [0.1, 0.15) is 30.5 Å². The van der Waals surface area contributed by atoms with Gasteiger partial charge in [0.25, 0.3) is 0 Å². The summed E-state index contributed by atoms with van der Waals surface area (Å²) >= 11 is 1.67. The molecule has 0 saturated carbocycles. The molecule has 2 aromatic rings. The molecule has 19 heavy (non-hydrogen) atoms. The summed E-state index contributed by atoms with van der Waals surface area (Å²) in [7, 11) is 0. The fourth-order valence-corrected chi connectivity index (χ4v) is 2.36. The first-order chi connectivity index (χ1) is 9.15. The minimum atomic E-state index is 0.408. The number of nitrogens with one attached hydrogen (secondary N) is 1. The predicted molar refractivity (Wildman–Crippen MR) is 81.6 cm³/mol. The molecular formula is C14H18N4S. The predicted octanol–water partition coefficient (Wildman–Crippen LogP) is 3.19. The Bertz CT molecular complexity index is 546. The second-order valence-corrected chi connectivity index (χ2v) is 5.41. The molecule has 0 spiro atoms. The van der Waals surface area contributed by atoms with Gasteiger partial charge in [-0.1, -0.05) is 32.0 Å². The third kappa shape index (κ3) is 4.06. The molecule has 1 aromatic heterocycles. The molecule has 4 nitrogen and oxygen atoms in total. The number of hydrogen-bond acceptors (Lipinski definition) is 3.